The predicted molar refractivity (Wildman–Crippen MR) is 66.1 cm³/mol. The minimum Gasteiger partial charge on any atom is -0.379 e. The van der Waals surface area contributed by atoms with Gasteiger partial charge in [0.25, 0.3) is 0 Å². The normalized spacial score (nSPS) is 11.4. The molecule has 2 aromatic rings. The van der Waals surface area contributed by atoms with Gasteiger partial charge in [-0.1, -0.05) is 11.3 Å². The number of hydrogen-bond acceptors (Lipinski definition) is 5. The summed E-state index contributed by atoms with van der Waals surface area (Å²) >= 11 is 0. The van der Waals surface area contributed by atoms with Crippen LogP contribution in [-0.2, 0) is 23.6 Å². The van der Waals surface area contributed by atoms with Crippen LogP contribution in [0.25, 0.3) is 0 Å². The predicted octanol–water partition coefficient (Wildman–Crippen LogP) is 0.0746. The maximum absolute atomic E-state index is 11.2. The molecule has 0 atom stereocenters. The second-order valence-electron chi connectivity index (χ2n) is 3.81. The highest BCUT2D eigenvalue weighted by Crippen LogP contribution is 2.14. The highest BCUT2D eigenvalue weighted by Gasteiger charge is 2.07. The van der Waals surface area contributed by atoms with Crippen molar-refractivity contribution in [1.29, 1.82) is 0 Å². The fourth-order valence-electron chi connectivity index (χ4n) is 1.45. The highest BCUT2D eigenvalue weighted by molar-refractivity contribution is 7.89. The van der Waals surface area contributed by atoms with E-state index in [-0.39, 0.29) is 4.90 Å². The van der Waals surface area contributed by atoms with Gasteiger partial charge in [-0.2, -0.15) is 0 Å². The molecule has 0 aliphatic rings. The molecule has 96 valence electrons. The van der Waals surface area contributed by atoms with Crippen molar-refractivity contribution in [2.45, 2.75) is 11.4 Å². The van der Waals surface area contributed by atoms with Crippen LogP contribution in [0.4, 0.5) is 5.69 Å². The van der Waals surface area contributed by atoms with Gasteiger partial charge in [0.05, 0.1) is 11.4 Å². The Labute approximate surface area is 105 Å². The number of hydrogen-bond donors (Lipinski definition) is 2. The van der Waals surface area contributed by atoms with Crippen molar-refractivity contribution in [1.82, 2.24) is 15.0 Å². The van der Waals surface area contributed by atoms with Crippen molar-refractivity contribution in [2.24, 2.45) is 12.2 Å². The van der Waals surface area contributed by atoms with Crippen molar-refractivity contribution in [3.05, 3.63) is 36.2 Å². The number of anilines is 1. The molecule has 0 unspecified atom stereocenters. The number of aryl methyl sites for hydroxylation is 1. The molecule has 8 heteroatoms. The molecule has 0 aliphatic heterocycles. The molecule has 0 saturated heterocycles. The third-order valence-electron chi connectivity index (χ3n) is 2.29. The maximum Gasteiger partial charge on any atom is 0.238 e. The van der Waals surface area contributed by atoms with Gasteiger partial charge in [0.1, 0.15) is 5.69 Å². The lowest BCUT2D eigenvalue weighted by molar-refractivity contribution is 0.598. The zero-order valence-corrected chi connectivity index (χ0v) is 10.6. The van der Waals surface area contributed by atoms with E-state index in [2.05, 4.69) is 15.6 Å². The van der Waals surface area contributed by atoms with Crippen LogP contribution < -0.4 is 10.5 Å². The number of benzene rings is 1. The first-order chi connectivity index (χ1) is 8.45. The van der Waals surface area contributed by atoms with E-state index in [1.165, 1.54) is 12.1 Å². The lowest BCUT2D eigenvalue weighted by atomic mass is 10.3. The molecule has 0 saturated carbocycles. The van der Waals surface area contributed by atoms with Crippen LogP contribution in [0.15, 0.2) is 35.4 Å². The largest absolute Gasteiger partial charge is 0.379 e. The van der Waals surface area contributed by atoms with Crippen LogP contribution in [0.3, 0.4) is 0 Å². The zero-order chi connectivity index (χ0) is 13.2. The molecule has 7 nitrogen and oxygen atoms in total. The van der Waals surface area contributed by atoms with Gasteiger partial charge < -0.3 is 5.32 Å². The number of primary sulfonamides is 1. The van der Waals surface area contributed by atoms with E-state index < -0.39 is 10.0 Å². The fourth-order valence-corrected chi connectivity index (χ4v) is 2.01. The second-order valence-corrected chi connectivity index (χ2v) is 5.37. The van der Waals surface area contributed by atoms with Crippen molar-refractivity contribution in [3.63, 3.8) is 0 Å². The quantitative estimate of drug-likeness (QED) is 0.816. The highest BCUT2D eigenvalue weighted by atomic mass is 32.2. The molecule has 0 fully saturated rings. The van der Waals surface area contributed by atoms with Crippen LogP contribution in [0.1, 0.15) is 5.69 Å². The number of nitrogens with two attached hydrogens (primary N) is 1. The van der Waals surface area contributed by atoms with Crippen LogP contribution in [0, 0.1) is 0 Å². The van der Waals surface area contributed by atoms with Crippen LogP contribution >= 0.6 is 0 Å². The smallest absolute Gasteiger partial charge is 0.238 e. The Morgan fingerprint density at radius 2 is 2.22 bits per heavy atom. The number of sulfonamides is 1. The van der Waals surface area contributed by atoms with E-state index in [4.69, 9.17) is 5.14 Å². The summed E-state index contributed by atoms with van der Waals surface area (Å²) < 4.78 is 24.0. The summed E-state index contributed by atoms with van der Waals surface area (Å²) in [5.74, 6) is 0. The van der Waals surface area contributed by atoms with Gasteiger partial charge in [0.15, 0.2) is 0 Å². The molecular formula is C10H13N5O2S. The van der Waals surface area contributed by atoms with E-state index in [1.54, 1.807) is 30.1 Å². The summed E-state index contributed by atoms with van der Waals surface area (Å²) in [7, 11) is -1.90. The number of nitrogens with zero attached hydrogens (tertiary/aromatic N) is 3. The summed E-state index contributed by atoms with van der Waals surface area (Å²) in [5.41, 5.74) is 1.42. The first-order valence-electron chi connectivity index (χ1n) is 5.17. The molecule has 18 heavy (non-hydrogen) atoms. The Morgan fingerprint density at radius 3 is 2.83 bits per heavy atom. The van der Waals surface area contributed by atoms with Crippen LogP contribution in [0.5, 0.6) is 0 Å². The van der Waals surface area contributed by atoms with Gasteiger partial charge in [-0.25, -0.2) is 13.6 Å². The Bertz CT molecular complexity index is 650. The maximum atomic E-state index is 11.2. The Balaban J connectivity index is 2.11. The zero-order valence-electron chi connectivity index (χ0n) is 9.74. The minimum absolute atomic E-state index is 0.0756. The van der Waals surface area contributed by atoms with E-state index >= 15 is 0 Å². The lowest BCUT2D eigenvalue weighted by Crippen LogP contribution is -2.12. The Hall–Kier alpha value is -1.93. The summed E-state index contributed by atoms with van der Waals surface area (Å²) in [5, 5.41) is 15.8. The third-order valence-corrected chi connectivity index (χ3v) is 3.20. The number of rotatable bonds is 4. The standard InChI is InChI=1S/C10H13N5O2S/c1-15-7-9(13-14-15)6-12-8-3-2-4-10(5-8)18(11,16)17/h2-5,7,12H,6H2,1H3,(H2,11,16,17). The van der Waals surface area contributed by atoms with Crippen molar-refractivity contribution >= 4 is 15.7 Å². The molecular weight excluding hydrogens is 254 g/mol. The van der Waals surface area contributed by atoms with Gasteiger partial charge in [-0.15, -0.1) is 5.10 Å². The second kappa shape index (κ2) is 4.75. The average molecular weight is 267 g/mol. The fraction of sp³-hybridized carbons (Fsp3) is 0.200. The molecule has 1 heterocycles. The molecule has 2 rings (SSSR count). The average Bonchev–Trinajstić information content (AvgIpc) is 2.72. The number of aromatic nitrogens is 3. The molecule has 0 aliphatic carbocycles. The summed E-state index contributed by atoms with van der Waals surface area (Å²) in [6, 6.07) is 6.30. The van der Waals surface area contributed by atoms with Crippen molar-refractivity contribution in [3.8, 4) is 0 Å². The Morgan fingerprint density at radius 1 is 1.44 bits per heavy atom. The summed E-state index contributed by atoms with van der Waals surface area (Å²) in [6.07, 6.45) is 1.77. The monoisotopic (exact) mass is 267 g/mol. The van der Waals surface area contributed by atoms with Crippen molar-refractivity contribution in [2.75, 3.05) is 5.32 Å². The lowest BCUT2D eigenvalue weighted by Gasteiger charge is -2.05. The van der Waals surface area contributed by atoms with Crippen LogP contribution in [-0.4, -0.2) is 23.4 Å². The van der Waals surface area contributed by atoms with Gasteiger partial charge >= 0.3 is 0 Å². The van der Waals surface area contributed by atoms with E-state index in [9.17, 15) is 8.42 Å². The molecule has 3 N–H and O–H groups in total. The molecule has 0 amide bonds. The van der Waals surface area contributed by atoms with Gasteiger partial charge in [-0.05, 0) is 18.2 Å². The topological polar surface area (TPSA) is 103 Å². The van der Waals surface area contributed by atoms with Crippen LogP contribution in [0.2, 0.25) is 0 Å². The SMILES string of the molecule is Cn1cc(CNc2cccc(S(N)(=O)=O)c2)nn1. The summed E-state index contributed by atoms with van der Waals surface area (Å²) in [6.45, 7) is 0.460. The third kappa shape index (κ3) is 3.05. The molecule has 0 radical (unpaired) electrons. The van der Waals surface area contributed by atoms with Gasteiger partial charge in [0, 0.05) is 18.9 Å². The Kier molecular flexibility index (Phi) is 3.30. The number of nitrogens with one attached hydrogen (secondary N) is 1. The minimum atomic E-state index is -3.68. The molecule has 1 aromatic carbocycles. The first-order valence-corrected chi connectivity index (χ1v) is 6.72. The van der Waals surface area contributed by atoms with Gasteiger partial charge in [0.2, 0.25) is 10.0 Å². The molecule has 1 aromatic heterocycles. The van der Waals surface area contributed by atoms with Gasteiger partial charge in [-0.3, -0.25) is 4.68 Å². The summed E-state index contributed by atoms with van der Waals surface area (Å²) in [4.78, 5) is 0.0756. The van der Waals surface area contributed by atoms with E-state index in [0.717, 1.165) is 5.69 Å². The van der Waals surface area contributed by atoms with E-state index in [1.807, 2.05) is 0 Å². The molecule has 0 spiro atoms. The molecule has 0 bridgehead atoms. The van der Waals surface area contributed by atoms with E-state index in [0.29, 0.717) is 12.2 Å². The first kappa shape index (κ1) is 12.5. The van der Waals surface area contributed by atoms with Crippen molar-refractivity contribution < 1.29 is 8.42 Å².